The van der Waals surface area contributed by atoms with Gasteiger partial charge >= 0.3 is 5.97 Å². The van der Waals surface area contributed by atoms with Crippen LogP contribution in [0.4, 0.5) is 0 Å². The Morgan fingerprint density at radius 2 is 1.93 bits per heavy atom. The molecule has 0 aliphatic carbocycles. The quantitative estimate of drug-likeness (QED) is 0.740. The Morgan fingerprint density at radius 1 is 1.27 bits per heavy atom. The number of aliphatic carboxylic acids is 1. The second-order valence-electron chi connectivity index (χ2n) is 3.79. The van der Waals surface area contributed by atoms with Crippen molar-refractivity contribution < 1.29 is 14.7 Å². The molecule has 6 heteroatoms. The van der Waals surface area contributed by atoms with Gasteiger partial charge in [-0.2, -0.15) is 0 Å². The van der Waals surface area contributed by atoms with Crippen molar-refractivity contribution in [2.45, 2.75) is 18.9 Å². The number of hydrogen-bond donors (Lipinski definition) is 1. The Hall–Kier alpha value is -0.360. The van der Waals surface area contributed by atoms with E-state index in [2.05, 4.69) is 0 Å². The minimum Gasteiger partial charge on any atom is -0.480 e. The molecule has 1 atom stereocenters. The third kappa shape index (κ3) is 2.25. The van der Waals surface area contributed by atoms with E-state index in [4.69, 9.17) is 5.11 Å². The van der Waals surface area contributed by atoms with Crippen molar-refractivity contribution in [3.8, 4) is 0 Å². The van der Waals surface area contributed by atoms with Crippen LogP contribution < -0.4 is 0 Å². The summed E-state index contributed by atoms with van der Waals surface area (Å²) in [6.45, 7) is 0.613. The molecule has 0 radical (unpaired) electrons. The van der Waals surface area contributed by atoms with E-state index in [1.54, 1.807) is 26.5 Å². The van der Waals surface area contributed by atoms with Gasteiger partial charge in [0.05, 0.1) is 5.92 Å². The highest BCUT2D eigenvalue weighted by Gasteiger charge is 2.38. The molecule has 2 aliphatic heterocycles. The van der Waals surface area contributed by atoms with Crippen LogP contribution in [0.25, 0.3) is 0 Å². The first kappa shape index (κ1) is 11.1. The Bertz CT molecular complexity index is 279. The van der Waals surface area contributed by atoms with E-state index in [0.717, 1.165) is 17.9 Å². The fourth-order valence-corrected chi connectivity index (χ4v) is 4.73. The first-order chi connectivity index (χ1) is 7.20. The lowest BCUT2D eigenvalue weighted by atomic mass is 10.1. The first-order valence-corrected chi connectivity index (χ1v) is 7.46. The molecule has 2 heterocycles. The summed E-state index contributed by atoms with van der Waals surface area (Å²) in [7, 11) is 3.40. The van der Waals surface area contributed by atoms with Gasteiger partial charge in [0.2, 0.25) is 5.91 Å². The van der Waals surface area contributed by atoms with Gasteiger partial charge in [-0.1, -0.05) is 21.6 Å². The minimum atomic E-state index is -0.862. The van der Waals surface area contributed by atoms with Gasteiger partial charge in [-0.3, -0.25) is 4.79 Å². The SMILES string of the molecule is O=C(O)[C@@H]1CCCN1C(=O)C1CSSC1. The summed E-state index contributed by atoms with van der Waals surface area (Å²) in [5, 5.41) is 8.97. The topological polar surface area (TPSA) is 57.6 Å². The maximum atomic E-state index is 12.0. The van der Waals surface area contributed by atoms with Crippen molar-refractivity contribution in [1.29, 1.82) is 0 Å². The lowest BCUT2D eigenvalue weighted by Crippen LogP contribution is -2.44. The monoisotopic (exact) mass is 247 g/mol. The number of nitrogens with zero attached hydrogens (tertiary/aromatic N) is 1. The number of hydrogen-bond acceptors (Lipinski definition) is 4. The molecular formula is C9H13NO3S2. The highest BCUT2D eigenvalue weighted by Crippen LogP contribution is 2.36. The molecule has 0 aromatic rings. The second kappa shape index (κ2) is 4.65. The molecule has 0 unspecified atom stereocenters. The molecule has 2 rings (SSSR count). The molecule has 0 bridgehead atoms. The number of carbonyl (C=O) groups is 2. The van der Waals surface area contributed by atoms with Crippen LogP contribution >= 0.6 is 21.6 Å². The summed E-state index contributed by atoms with van der Waals surface area (Å²) in [6.07, 6.45) is 1.42. The van der Waals surface area contributed by atoms with Gasteiger partial charge in [0.15, 0.2) is 0 Å². The standard InChI is InChI=1S/C9H13NO3S2/c11-8(6-4-14-15-5-6)10-3-1-2-7(10)9(12)13/h6-7H,1-5H2,(H,12,13)/t7-/m0/s1. The van der Waals surface area contributed by atoms with Crippen molar-refractivity contribution in [3.63, 3.8) is 0 Å². The van der Waals surface area contributed by atoms with Crippen LogP contribution in [0.5, 0.6) is 0 Å². The van der Waals surface area contributed by atoms with Crippen LogP contribution in [0.1, 0.15) is 12.8 Å². The highest BCUT2D eigenvalue weighted by atomic mass is 33.1. The minimum absolute atomic E-state index is 0.0277. The smallest absolute Gasteiger partial charge is 0.326 e. The van der Waals surface area contributed by atoms with Crippen molar-refractivity contribution in [2.75, 3.05) is 18.1 Å². The summed E-state index contributed by atoms with van der Waals surface area (Å²) >= 11 is 0. The summed E-state index contributed by atoms with van der Waals surface area (Å²) in [5.41, 5.74) is 0. The first-order valence-electron chi connectivity index (χ1n) is 4.98. The fraction of sp³-hybridized carbons (Fsp3) is 0.778. The third-order valence-corrected chi connectivity index (χ3v) is 5.35. The zero-order valence-electron chi connectivity index (χ0n) is 8.22. The normalized spacial score (nSPS) is 27.2. The van der Waals surface area contributed by atoms with Crippen LogP contribution in [0.15, 0.2) is 0 Å². The largest absolute Gasteiger partial charge is 0.480 e. The maximum Gasteiger partial charge on any atom is 0.326 e. The van der Waals surface area contributed by atoms with E-state index in [0.29, 0.717) is 13.0 Å². The molecule has 84 valence electrons. The molecule has 0 saturated carbocycles. The van der Waals surface area contributed by atoms with Crippen LogP contribution in [0.3, 0.4) is 0 Å². The molecule has 2 aliphatic rings. The van der Waals surface area contributed by atoms with Gasteiger partial charge in [-0.05, 0) is 12.8 Å². The lowest BCUT2D eigenvalue weighted by Gasteiger charge is -2.23. The summed E-state index contributed by atoms with van der Waals surface area (Å²) < 4.78 is 0. The molecule has 1 amide bonds. The van der Waals surface area contributed by atoms with E-state index in [-0.39, 0.29) is 11.8 Å². The van der Waals surface area contributed by atoms with Gasteiger partial charge in [0, 0.05) is 18.1 Å². The zero-order chi connectivity index (χ0) is 10.8. The van der Waals surface area contributed by atoms with Crippen molar-refractivity contribution in [2.24, 2.45) is 5.92 Å². The van der Waals surface area contributed by atoms with E-state index < -0.39 is 12.0 Å². The molecule has 0 aromatic heterocycles. The Balaban J connectivity index is 2.02. The summed E-state index contributed by atoms with van der Waals surface area (Å²) in [5.74, 6) is 0.857. The molecule has 2 fully saturated rings. The Kier molecular flexibility index (Phi) is 3.45. The van der Waals surface area contributed by atoms with Crippen LogP contribution in [0.2, 0.25) is 0 Å². The van der Waals surface area contributed by atoms with Gasteiger partial charge in [0.25, 0.3) is 0 Å². The van der Waals surface area contributed by atoms with Crippen molar-refractivity contribution >= 4 is 33.5 Å². The van der Waals surface area contributed by atoms with Crippen molar-refractivity contribution in [3.05, 3.63) is 0 Å². The summed E-state index contributed by atoms with van der Waals surface area (Å²) in [6, 6.07) is -0.576. The highest BCUT2D eigenvalue weighted by molar-refractivity contribution is 8.77. The lowest BCUT2D eigenvalue weighted by molar-refractivity contribution is -0.149. The van der Waals surface area contributed by atoms with E-state index in [1.165, 1.54) is 0 Å². The van der Waals surface area contributed by atoms with Crippen LogP contribution in [-0.2, 0) is 9.59 Å². The molecule has 4 nitrogen and oxygen atoms in total. The average molecular weight is 247 g/mol. The number of carboxylic acids is 1. The number of carbonyl (C=O) groups excluding carboxylic acids is 1. The predicted octanol–water partition coefficient (Wildman–Crippen LogP) is 1.07. The van der Waals surface area contributed by atoms with E-state index >= 15 is 0 Å². The molecule has 0 aromatic carbocycles. The molecule has 0 spiro atoms. The average Bonchev–Trinajstić information content (AvgIpc) is 2.88. The van der Waals surface area contributed by atoms with Crippen molar-refractivity contribution in [1.82, 2.24) is 4.90 Å². The second-order valence-corrected chi connectivity index (χ2v) is 6.35. The molecule has 15 heavy (non-hydrogen) atoms. The van der Waals surface area contributed by atoms with Gasteiger partial charge in [-0.15, -0.1) is 0 Å². The van der Waals surface area contributed by atoms with Gasteiger partial charge < -0.3 is 10.0 Å². The van der Waals surface area contributed by atoms with Gasteiger partial charge in [0.1, 0.15) is 6.04 Å². The van der Waals surface area contributed by atoms with Crippen LogP contribution in [-0.4, -0.2) is 46.0 Å². The van der Waals surface area contributed by atoms with Gasteiger partial charge in [-0.25, -0.2) is 4.79 Å². The number of carboxylic acid groups (broad SMARTS) is 1. The molecule has 2 saturated heterocycles. The maximum absolute atomic E-state index is 12.0. The number of likely N-dealkylation sites (tertiary alicyclic amines) is 1. The van der Waals surface area contributed by atoms with Crippen LogP contribution in [0, 0.1) is 5.92 Å². The zero-order valence-corrected chi connectivity index (χ0v) is 9.85. The fourth-order valence-electron chi connectivity index (χ4n) is 1.97. The van der Waals surface area contributed by atoms with E-state index in [9.17, 15) is 9.59 Å². The summed E-state index contributed by atoms with van der Waals surface area (Å²) in [4.78, 5) is 24.5. The van der Waals surface area contributed by atoms with E-state index in [1.807, 2.05) is 0 Å². The number of rotatable bonds is 2. The molecule has 1 N–H and O–H groups in total. The Labute approximate surface area is 96.2 Å². The Morgan fingerprint density at radius 3 is 2.53 bits per heavy atom. The third-order valence-electron chi connectivity index (χ3n) is 2.79. The molecular weight excluding hydrogens is 234 g/mol. The number of amides is 1. The predicted molar refractivity (Wildman–Crippen MR) is 60.8 cm³/mol.